The van der Waals surface area contributed by atoms with E-state index in [-0.39, 0.29) is 17.4 Å². The van der Waals surface area contributed by atoms with Gasteiger partial charge in [0.05, 0.1) is 17.2 Å². The predicted octanol–water partition coefficient (Wildman–Crippen LogP) is 5.30. The maximum atomic E-state index is 12.3. The van der Waals surface area contributed by atoms with Crippen molar-refractivity contribution in [3.63, 3.8) is 0 Å². The predicted molar refractivity (Wildman–Crippen MR) is 143 cm³/mol. The Hall–Kier alpha value is -2.21. The molecule has 35 heavy (non-hydrogen) atoms. The van der Waals surface area contributed by atoms with Gasteiger partial charge in [0.1, 0.15) is 0 Å². The summed E-state index contributed by atoms with van der Waals surface area (Å²) in [5.41, 5.74) is 6.27. The molecule has 1 saturated carbocycles. The third-order valence-electron chi connectivity index (χ3n) is 9.43. The standard InChI is InChI=1S/C28H34N2O2.C2H7N/c1-16-12-21-13-20-14-22(31)6-4-18(20)10-11-28(21,32)26-9-7-24(27(16,26)3)19-5-8-25-23(15-19)17(2)29-30-25;1-3-2/h5,7-8,12-13,15-16,18,22,26,31-32H,4,6,9-11,14H2,1-3H3,(H,29,30);3H,1-2H3/t16?,18?,22?,26?,27?,28-;/m1./s1. The lowest BCUT2D eigenvalue weighted by Gasteiger charge is -2.51. The number of hydrogen-bond acceptors (Lipinski definition) is 4. The van der Waals surface area contributed by atoms with E-state index >= 15 is 0 Å². The average molecular weight is 476 g/mol. The zero-order valence-electron chi connectivity index (χ0n) is 21.9. The van der Waals surface area contributed by atoms with E-state index < -0.39 is 5.60 Å². The largest absolute Gasteiger partial charge is 0.393 e. The second-order valence-electron chi connectivity index (χ2n) is 11.5. The number of aromatic nitrogens is 2. The first-order valence-corrected chi connectivity index (χ1v) is 13.3. The second-order valence-corrected chi connectivity index (χ2v) is 11.5. The number of nitrogens with one attached hydrogen (secondary N) is 2. The lowest BCUT2D eigenvalue weighted by Crippen LogP contribution is -2.51. The number of aliphatic hydroxyl groups excluding tert-OH is 1. The van der Waals surface area contributed by atoms with E-state index in [0.29, 0.717) is 11.8 Å². The van der Waals surface area contributed by atoms with E-state index in [4.69, 9.17) is 0 Å². The number of aliphatic hydroxyl groups is 2. The smallest absolute Gasteiger partial charge is 0.0933 e. The average Bonchev–Trinajstić information content (AvgIpc) is 3.34. The fourth-order valence-corrected chi connectivity index (χ4v) is 7.38. The Morgan fingerprint density at radius 2 is 1.94 bits per heavy atom. The summed E-state index contributed by atoms with van der Waals surface area (Å²) in [7, 11) is 3.75. The first-order valence-electron chi connectivity index (χ1n) is 13.3. The number of fused-ring (bicyclic) bond motifs is 5. The van der Waals surface area contributed by atoms with E-state index in [0.717, 1.165) is 55.3 Å². The van der Waals surface area contributed by atoms with Crippen molar-refractivity contribution in [2.75, 3.05) is 14.1 Å². The van der Waals surface area contributed by atoms with E-state index in [2.05, 4.69) is 72.7 Å². The lowest BCUT2D eigenvalue weighted by atomic mass is 9.54. The highest BCUT2D eigenvalue weighted by Gasteiger charge is 2.58. The molecule has 0 amide bonds. The molecule has 0 saturated heterocycles. The van der Waals surface area contributed by atoms with Crippen LogP contribution in [0.2, 0.25) is 0 Å². The quantitative estimate of drug-likeness (QED) is 0.451. The Labute approximate surface area is 209 Å². The molecule has 4 N–H and O–H groups in total. The highest BCUT2D eigenvalue weighted by atomic mass is 16.3. The zero-order chi connectivity index (χ0) is 25.0. The molecule has 0 radical (unpaired) electrons. The summed E-state index contributed by atoms with van der Waals surface area (Å²) in [6, 6.07) is 6.58. The molecule has 6 rings (SSSR count). The van der Waals surface area contributed by atoms with Gasteiger partial charge >= 0.3 is 0 Å². The van der Waals surface area contributed by atoms with Crippen molar-refractivity contribution in [3.8, 4) is 0 Å². The first kappa shape index (κ1) is 24.5. The lowest BCUT2D eigenvalue weighted by molar-refractivity contribution is -0.0455. The van der Waals surface area contributed by atoms with Gasteiger partial charge in [-0.3, -0.25) is 5.10 Å². The number of hydrogen-bond donors (Lipinski definition) is 4. The van der Waals surface area contributed by atoms with Crippen LogP contribution in [-0.4, -0.2) is 46.2 Å². The van der Waals surface area contributed by atoms with E-state index in [1.807, 2.05) is 14.1 Å². The number of rotatable bonds is 1. The van der Waals surface area contributed by atoms with Crippen molar-refractivity contribution in [1.82, 2.24) is 15.5 Å². The molecule has 5 nitrogen and oxygen atoms in total. The Bertz CT molecular complexity index is 1210. The summed E-state index contributed by atoms with van der Waals surface area (Å²) >= 11 is 0. The van der Waals surface area contributed by atoms with E-state index in [1.54, 1.807) is 0 Å². The van der Waals surface area contributed by atoms with Crippen LogP contribution < -0.4 is 5.32 Å². The summed E-state index contributed by atoms with van der Waals surface area (Å²) in [6.07, 6.45) is 12.2. The number of H-pyrrole nitrogens is 1. The molecular weight excluding hydrogens is 434 g/mol. The fourth-order valence-electron chi connectivity index (χ4n) is 7.38. The molecular formula is C30H41N3O2. The normalized spacial score (nSPS) is 36.0. The van der Waals surface area contributed by atoms with Gasteiger partial charge in [-0.25, -0.2) is 0 Å². The van der Waals surface area contributed by atoms with Gasteiger partial charge < -0.3 is 15.5 Å². The van der Waals surface area contributed by atoms with Crippen molar-refractivity contribution in [2.24, 2.45) is 23.2 Å². The fraction of sp³-hybridized carbons (Fsp3) is 0.567. The van der Waals surface area contributed by atoms with Gasteiger partial charge in [-0.05, 0) is 100 Å². The third-order valence-corrected chi connectivity index (χ3v) is 9.43. The van der Waals surface area contributed by atoms with Gasteiger partial charge in [0, 0.05) is 22.4 Å². The van der Waals surface area contributed by atoms with E-state index in [1.165, 1.54) is 22.1 Å². The Balaban J connectivity index is 0.000000806. The van der Waals surface area contributed by atoms with Crippen LogP contribution in [0.3, 0.4) is 0 Å². The summed E-state index contributed by atoms with van der Waals surface area (Å²) in [5, 5.41) is 33.9. The minimum absolute atomic E-state index is 0.114. The van der Waals surface area contributed by atoms with Crippen molar-refractivity contribution in [2.45, 2.75) is 71.0 Å². The molecule has 1 aromatic heterocycles. The Kier molecular flexibility index (Phi) is 6.31. The van der Waals surface area contributed by atoms with Crippen molar-refractivity contribution < 1.29 is 10.2 Å². The molecule has 188 valence electrons. The molecule has 5 unspecified atom stereocenters. The number of allylic oxidation sites excluding steroid dienone is 3. The summed E-state index contributed by atoms with van der Waals surface area (Å²) in [5.74, 6) is 0.999. The maximum Gasteiger partial charge on any atom is 0.0933 e. The highest BCUT2D eigenvalue weighted by molar-refractivity contribution is 5.87. The number of aromatic amines is 1. The van der Waals surface area contributed by atoms with Crippen LogP contribution in [0.5, 0.6) is 0 Å². The van der Waals surface area contributed by atoms with Crippen LogP contribution in [0.15, 0.2) is 47.6 Å². The monoisotopic (exact) mass is 475 g/mol. The van der Waals surface area contributed by atoms with Crippen LogP contribution >= 0.6 is 0 Å². The minimum atomic E-state index is -0.801. The van der Waals surface area contributed by atoms with Gasteiger partial charge in [0.2, 0.25) is 0 Å². The number of benzene rings is 1. The molecule has 5 heteroatoms. The van der Waals surface area contributed by atoms with Crippen molar-refractivity contribution in [1.29, 1.82) is 0 Å². The molecule has 0 aliphatic heterocycles. The van der Waals surface area contributed by atoms with Gasteiger partial charge in [0.15, 0.2) is 0 Å². The molecule has 2 aromatic rings. The number of aryl methyl sites for hydroxylation is 1. The molecule has 1 aromatic carbocycles. The van der Waals surface area contributed by atoms with Crippen LogP contribution in [0.25, 0.3) is 16.5 Å². The molecule has 0 spiro atoms. The SMILES string of the molecule is CNC.Cc1[nH]nc2ccc(C3=CCC4C3(C)C(C)C=C3C=C5CC(O)CCC5CC[C@@]34O)cc12. The van der Waals surface area contributed by atoms with Gasteiger partial charge in [-0.2, -0.15) is 5.10 Å². The van der Waals surface area contributed by atoms with Crippen LogP contribution in [0.4, 0.5) is 0 Å². The summed E-state index contributed by atoms with van der Waals surface area (Å²) in [6.45, 7) is 6.76. The summed E-state index contributed by atoms with van der Waals surface area (Å²) in [4.78, 5) is 0. The molecule has 0 bridgehead atoms. The Morgan fingerprint density at radius 3 is 2.71 bits per heavy atom. The first-order chi connectivity index (χ1) is 16.7. The Morgan fingerprint density at radius 1 is 1.17 bits per heavy atom. The van der Waals surface area contributed by atoms with Crippen LogP contribution in [0.1, 0.15) is 63.6 Å². The summed E-state index contributed by atoms with van der Waals surface area (Å²) < 4.78 is 0. The highest BCUT2D eigenvalue weighted by Crippen LogP contribution is 2.63. The molecule has 1 heterocycles. The van der Waals surface area contributed by atoms with Gasteiger partial charge in [0.25, 0.3) is 0 Å². The van der Waals surface area contributed by atoms with E-state index in [9.17, 15) is 10.2 Å². The zero-order valence-corrected chi connectivity index (χ0v) is 21.9. The molecule has 4 aliphatic rings. The third kappa shape index (κ3) is 3.83. The van der Waals surface area contributed by atoms with Gasteiger partial charge in [-0.15, -0.1) is 0 Å². The topological polar surface area (TPSA) is 81.2 Å². The van der Waals surface area contributed by atoms with Crippen molar-refractivity contribution >= 4 is 16.5 Å². The maximum absolute atomic E-state index is 12.3. The van der Waals surface area contributed by atoms with Gasteiger partial charge in [-0.1, -0.05) is 43.7 Å². The second kappa shape index (κ2) is 9.02. The van der Waals surface area contributed by atoms with Crippen molar-refractivity contribution in [3.05, 3.63) is 58.8 Å². The molecule has 6 atom stereocenters. The van der Waals surface area contributed by atoms with Crippen LogP contribution in [0, 0.1) is 30.1 Å². The molecule has 4 aliphatic carbocycles. The minimum Gasteiger partial charge on any atom is -0.393 e. The van der Waals surface area contributed by atoms with Crippen LogP contribution in [-0.2, 0) is 0 Å². The molecule has 1 fully saturated rings. The number of nitrogens with zero attached hydrogens (tertiary/aromatic N) is 1.